The Morgan fingerprint density at radius 2 is 1.95 bits per heavy atom. The fraction of sp³-hybridized carbons (Fsp3) is 0.214. The fourth-order valence-corrected chi connectivity index (χ4v) is 1.94. The predicted octanol–water partition coefficient (Wildman–Crippen LogP) is 1.10. The van der Waals surface area contributed by atoms with Crippen molar-refractivity contribution in [3.63, 3.8) is 0 Å². The highest BCUT2D eigenvalue weighted by Gasteiger charge is 2.14. The van der Waals surface area contributed by atoms with Gasteiger partial charge in [0, 0.05) is 6.54 Å². The molecule has 6 nitrogen and oxygen atoms in total. The summed E-state index contributed by atoms with van der Waals surface area (Å²) >= 11 is 0. The Bertz CT molecular complexity index is 779. The molecule has 0 radical (unpaired) electrons. The maximum atomic E-state index is 12.1. The van der Waals surface area contributed by atoms with Crippen LogP contribution in [0.15, 0.2) is 33.9 Å². The number of aromatic amines is 1. The van der Waals surface area contributed by atoms with Gasteiger partial charge in [-0.05, 0) is 36.8 Å². The molecule has 2 rings (SSSR count). The second kappa shape index (κ2) is 5.45. The van der Waals surface area contributed by atoms with E-state index < -0.39 is 11.2 Å². The van der Waals surface area contributed by atoms with E-state index in [2.05, 4.69) is 4.98 Å². The van der Waals surface area contributed by atoms with Crippen LogP contribution >= 0.6 is 0 Å². The van der Waals surface area contributed by atoms with Crippen LogP contribution in [0.4, 0.5) is 0 Å². The molecule has 0 aliphatic rings. The molecule has 0 spiro atoms. The molecule has 1 N–H and O–H groups in total. The highest BCUT2D eigenvalue weighted by molar-refractivity contribution is 5.66. The highest BCUT2D eigenvalue weighted by Crippen LogP contribution is 2.21. The molecule has 0 saturated heterocycles. The average molecular weight is 271 g/mol. The number of nitrogens with one attached hydrogen (secondary N) is 1. The van der Waals surface area contributed by atoms with Crippen LogP contribution in [-0.2, 0) is 6.54 Å². The van der Waals surface area contributed by atoms with Gasteiger partial charge in [0.1, 0.15) is 17.4 Å². The molecule has 102 valence electrons. The highest BCUT2D eigenvalue weighted by atomic mass is 16.5. The summed E-state index contributed by atoms with van der Waals surface area (Å²) < 4.78 is 6.03. The summed E-state index contributed by atoms with van der Waals surface area (Å²) in [4.78, 5) is 26.5. The molecule has 0 amide bonds. The van der Waals surface area contributed by atoms with Crippen LogP contribution in [0.25, 0.3) is 11.3 Å². The van der Waals surface area contributed by atoms with Crippen LogP contribution in [0, 0.1) is 11.3 Å². The van der Waals surface area contributed by atoms with Gasteiger partial charge in [0.2, 0.25) is 0 Å². The number of nitrogens with zero attached hydrogens (tertiary/aromatic N) is 2. The first-order valence-electron chi connectivity index (χ1n) is 6.04. The average Bonchev–Trinajstić information content (AvgIpc) is 2.47. The first-order chi connectivity index (χ1) is 9.62. The smallest absolute Gasteiger partial charge is 0.328 e. The standard InChI is InChI=1S/C14H13N3O3/c1-3-17-13(18)11(8-15)12(16-14(17)19)9-4-6-10(20-2)7-5-9/h4-7H,3H2,1-2H3,(H,16,19). The number of benzene rings is 1. The van der Waals surface area contributed by atoms with E-state index >= 15 is 0 Å². The summed E-state index contributed by atoms with van der Waals surface area (Å²) in [5.74, 6) is 0.650. The minimum Gasteiger partial charge on any atom is -0.497 e. The van der Waals surface area contributed by atoms with E-state index in [-0.39, 0.29) is 17.8 Å². The van der Waals surface area contributed by atoms with E-state index in [4.69, 9.17) is 10.00 Å². The van der Waals surface area contributed by atoms with Crippen molar-refractivity contribution in [3.8, 4) is 23.1 Å². The van der Waals surface area contributed by atoms with E-state index in [1.807, 2.05) is 6.07 Å². The lowest BCUT2D eigenvalue weighted by Gasteiger charge is -2.07. The van der Waals surface area contributed by atoms with E-state index in [0.717, 1.165) is 4.57 Å². The monoisotopic (exact) mass is 271 g/mol. The van der Waals surface area contributed by atoms with Crippen LogP contribution in [0.3, 0.4) is 0 Å². The molecule has 0 saturated carbocycles. The molecule has 1 heterocycles. The van der Waals surface area contributed by atoms with E-state index in [1.54, 1.807) is 38.3 Å². The van der Waals surface area contributed by atoms with Crippen LogP contribution in [0.1, 0.15) is 12.5 Å². The molecule has 20 heavy (non-hydrogen) atoms. The van der Waals surface area contributed by atoms with Gasteiger partial charge in [0.15, 0.2) is 0 Å². The van der Waals surface area contributed by atoms with E-state index in [9.17, 15) is 9.59 Å². The SMILES string of the molecule is CCn1c(=O)[nH]c(-c2ccc(OC)cc2)c(C#N)c1=O. The molecule has 0 fully saturated rings. The van der Waals surface area contributed by atoms with Crippen molar-refractivity contribution in [3.05, 3.63) is 50.7 Å². The summed E-state index contributed by atoms with van der Waals surface area (Å²) in [7, 11) is 1.54. The van der Waals surface area contributed by atoms with Gasteiger partial charge in [-0.15, -0.1) is 0 Å². The topological polar surface area (TPSA) is 87.9 Å². The number of ether oxygens (including phenoxy) is 1. The lowest BCUT2D eigenvalue weighted by molar-refractivity contribution is 0.415. The van der Waals surface area contributed by atoms with Gasteiger partial charge in [0.05, 0.1) is 12.8 Å². The van der Waals surface area contributed by atoms with Crippen molar-refractivity contribution in [2.45, 2.75) is 13.5 Å². The zero-order valence-electron chi connectivity index (χ0n) is 11.1. The van der Waals surface area contributed by atoms with Gasteiger partial charge in [-0.25, -0.2) is 4.79 Å². The summed E-state index contributed by atoms with van der Waals surface area (Å²) in [5.41, 5.74) is -0.363. The molecular formula is C14H13N3O3. The number of methoxy groups -OCH3 is 1. The molecule has 1 aromatic heterocycles. The molecule has 0 unspecified atom stereocenters. The number of rotatable bonds is 3. The summed E-state index contributed by atoms with van der Waals surface area (Å²) in [6.07, 6.45) is 0. The summed E-state index contributed by atoms with van der Waals surface area (Å²) in [6, 6.07) is 8.61. The lowest BCUT2D eigenvalue weighted by Crippen LogP contribution is -2.36. The van der Waals surface area contributed by atoms with Gasteiger partial charge < -0.3 is 9.72 Å². The number of H-pyrrole nitrogens is 1. The Morgan fingerprint density at radius 3 is 2.45 bits per heavy atom. The normalized spacial score (nSPS) is 10.1. The number of hydrogen-bond donors (Lipinski definition) is 1. The molecule has 0 aliphatic carbocycles. The van der Waals surface area contributed by atoms with Gasteiger partial charge >= 0.3 is 5.69 Å². The quantitative estimate of drug-likeness (QED) is 0.905. The van der Waals surface area contributed by atoms with Gasteiger partial charge in [-0.1, -0.05) is 0 Å². The third-order valence-corrected chi connectivity index (χ3v) is 2.99. The Morgan fingerprint density at radius 1 is 1.30 bits per heavy atom. The second-order valence-electron chi connectivity index (χ2n) is 4.07. The molecule has 6 heteroatoms. The van der Waals surface area contributed by atoms with Crippen LogP contribution in [0.2, 0.25) is 0 Å². The molecular weight excluding hydrogens is 258 g/mol. The third kappa shape index (κ3) is 2.21. The number of nitriles is 1. The number of hydrogen-bond acceptors (Lipinski definition) is 4. The molecule has 0 aliphatic heterocycles. The van der Waals surface area contributed by atoms with Crippen molar-refractivity contribution in [2.24, 2.45) is 0 Å². The molecule has 0 bridgehead atoms. The molecule has 2 aromatic rings. The Hall–Kier alpha value is -2.81. The van der Waals surface area contributed by atoms with E-state index in [0.29, 0.717) is 11.3 Å². The zero-order valence-corrected chi connectivity index (χ0v) is 11.1. The lowest BCUT2D eigenvalue weighted by atomic mass is 10.1. The van der Waals surface area contributed by atoms with Crippen LogP contribution in [0.5, 0.6) is 5.75 Å². The Balaban J connectivity index is 2.71. The molecule has 0 atom stereocenters. The first kappa shape index (κ1) is 13.6. The van der Waals surface area contributed by atoms with Crippen molar-refractivity contribution < 1.29 is 4.74 Å². The van der Waals surface area contributed by atoms with Crippen molar-refractivity contribution in [1.82, 2.24) is 9.55 Å². The van der Waals surface area contributed by atoms with Gasteiger partial charge in [-0.3, -0.25) is 9.36 Å². The first-order valence-corrected chi connectivity index (χ1v) is 6.04. The Kier molecular flexibility index (Phi) is 3.71. The number of aromatic nitrogens is 2. The summed E-state index contributed by atoms with van der Waals surface area (Å²) in [5, 5.41) is 9.16. The zero-order chi connectivity index (χ0) is 14.7. The van der Waals surface area contributed by atoms with Crippen molar-refractivity contribution >= 4 is 0 Å². The fourth-order valence-electron chi connectivity index (χ4n) is 1.94. The van der Waals surface area contributed by atoms with Gasteiger partial charge in [-0.2, -0.15) is 5.26 Å². The Labute approximate surface area is 114 Å². The van der Waals surface area contributed by atoms with Crippen LogP contribution < -0.4 is 16.0 Å². The molecule has 1 aromatic carbocycles. The van der Waals surface area contributed by atoms with Crippen molar-refractivity contribution in [1.29, 1.82) is 5.26 Å². The second-order valence-corrected chi connectivity index (χ2v) is 4.07. The largest absolute Gasteiger partial charge is 0.497 e. The van der Waals surface area contributed by atoms with Crippen LogP contribution in [-0.4, -0.2) is 16.7 Å². The van der Waals surface area contributed by atoms with E-state index in [1.165, 1.54) is 0 Å². The maximum absolute atomic E-state index is 12.1. The minimum atomic E-state index is -0.579. The predicted molar refractivity (Wildman–Crippen MR) is 73.7 cm³/mol. The third-order valence-electron chi connectivity index (χ3n) is 2.99. The minimum absolute atomic E-state index is 0.0726. The summed E-state index contributed by atoms with van der Waals surface area (Å²) in [6.45, 7) is 1.89. The maximum Gasteiger partial charge on any atom is 0.328 e. The van der Waals surface area contributed by atoms with Gasteiger partial charge in [0.25, 0.3) is 5.56 Å². The van der Waals surface area contributed by atoms with Crippen molar-refractivity contribution in [2.75, 3.05) is 7.11 Å².